The van der Waals surface area contributed by atoms with Crippen molar-refractivity contribution in [2.75, 3.05) is 44.2 Å². The molecular weight excluding hydrogens is 645 g/mol. The molecule has 3 aromatic rings. The molecule has 2 N–H and O–H groups in total. The fraction of sp³-hybridized carbons (Fsp3) is 0.485. The third kappa shape index (κ3) is 8.13. The van der Waals surface area contributed by atoms with Gasteiger partial charge in [0.2, 0.25) is 5.88 Å². The predicted molar refractivity (Wildman–Crippen MR) is 168 cm³/mol. The molecule has 0 aliphatic carbocycles. The van der Waals surface area contributed by atoms with E-state index in [1.807, 2.05) is 19.1 Å². The number of anilines is 1. The number of carboxylic acids is 1. The summed E-state index contributed by atoms with van der Waals surface area (Å²) in [5.41, 5.74) is 4.67. The zero-order chi connectivity index (χ0) is 33.8. The summed E-state index contributed by atoms with van der Waals surface area (Å²) in [4.78, 5) is 23.2. The summed E-state index contributed by atoms with van der Waals surface area (Å²) in [5.74, 6) is -2.16. The second kappa shape index (κ2) is 14.7. The second-order valence-corrected chi connectivity index (χ2v) is 12.5. The molecular formula is C33H37ClF5N5O3. The topological polar surface area (TPSA) is 90.8 Å². The number of halogens is 6. The number of pyridine rings is 2. The van der Waals surface area contributed by atoms with Crippen molar-refractivity contribution < 1.29 is 36.6 Å². The SMILES string of the molecule is CCOc1ncccc1-c1ccc2c(n1)CN(C[C@H]1CCCN1)CC21CCN(c2ccc(Cl)cc2C(F)F)CC1.O=C(O)C(F)(F)F. The molecule has 47 heavy (non-hydrogen) atoms. The lowest BCUT2D eigenvalue weighted by molar-refractivity contribution is -0.192. The molecule has 0 unspecified atom stereocenters. The van der Waals surface area contributed by atoms with Gasteiger partial charge < -0.3 is 20.1 Å². The van der Waals surface area contributed by atoms with Crippen LogP contribution in [0.2, 0.25) is 5.02 Å². The number of piperidine rings is 1. The van der Waals surface area contributed by atoms with Crippen molar-refractivity contribution in [3.63, 3.8) is 0 Å². The maximum Gasteiger partial charge on any atom is 0.490 e. The van der Waals surface area contributed by atoms with Gasteiger partial charge in [-0.15, -0.1) is 0 Å². The first kappa shape index (κ1) is 34.8. The second-order valence-electron chi connectivity index (χ2n) is 12.0. The number of carboxylic acid groups (broad SMARTS) is 1. The number of hydrogen-bond acceptors (Lipinski definition) is 7. The summed E-state index contributed by atoms with van der Waals surface area (Å²) in [6, 6.07) is 13.6. The summed E-state index contributed by atoms with van der Waals surface area (Å²) in [6.07, 6.45) is -1.75. The summed E-state index contributed by atoms with van der Waals surface area (Å²) in [6.45, 7) is 7.71. The van der Waals surface area contributed by atoms with Crippen molar-refractivity contribution in [1.82, 2.24) is 20.2 Å². The van der Waals surface area contributed by atoms with Gasteiger partial charge in [-0.05, 0) is 81.1 Å². The average Bonchev–Trinajstić information content (AvgIpc) is 3.54. The molecule has 1 atom stereocenters. The van der Waals surface area contributed by atoms with E-state index in [-0.39, 0.29) is 11.0 Å². The van der Waals surface area contributed by atoms with E-state index in [9.17, 15) is 22.0 Å². The fourth-order valence-electron chi connectivity index (χ4n) is 6.82. The zero-order valence-electron chi connectivity index (χ0n) is 25.9. The first-order chi connectivity index (χ1) is 22.4. The summed E-state index contributed by atoms with van der Waals surface area (Å²) in [5, 5.41) is 11.1. The zero-order valence-corrected chi connectivity index (χ0v) is 26.6. The lowest BCUT2D eigenvalue weighted by Crippen LogP contribution is -2.54. The van der Waals surface area contributed by atoms with Crippen molar-refractivity contribution >= 4 is 23.3 Å². The van der Waals surface area contributed by atoms with Crippen LogP contribution in [0, 0.1) is 0 Å². The molecule has 3 aliphatic rings. The number of rotatable bonds is 7. The van der Waals surface area contributed by atoms with E-state index >= 15 is 0 Å². The number of nitrogens with zero attached hydrogens (tertiary/aromatic N) is 4. The smallest absolute Gasteiger partial charge is 0.477 e. The van der Waals surface area contributed by atoms with Gasteiger partial charge in [0.1, 0.15) is 0 Å². The van der Waals surface area contributed by atoms with Crippen LogP contribution in [0.15, 0.2) is 48.7 Å². The minimum atomic E-state index is -5.08. The number of aromatic nitrogens is 2. The van der Waals surface area contributed by atoms with Crippen molar-refractivity contribution in [3.05, 3.63) is 70.5 Å². The number of carbonyl (C=O) groups is 1. The third-order valence-corrected chi connectivity index (χ3v) is 9.18. The molecule has 6 rings (SSSR count). The Hall–Kier alpha value is -3.55. The van der Waals surface area contributed by atoms with E-state index in [4.69, 9.17) is 31.2 Å². The molecule has 0 amide bonds. The van der Waals surface area contributed by atoms with Crippen LogP contribution in [-0.4, -0.2) is 77.5 Å². The molecule has 1 spiro atoms. The van der Waals surface area contributed by atoms with Gasteiger partial charge in [-0.2, -0.15) is 13.2 Å². The maximum absolute atomic E-state index is 13.9. The van der Waals surface area contributed by atoms with Gasteiger partial charge in [-0.3, -0.25) is 9.88 Å². The van der Waals surface area contributed by atoms with Crippen LogP contribution in [-0.2, 0) is 16.8 Å². The molecule has 5 heterocycles. The highest BCUT2D eigenvalue weighted by atomic mass is 35.5. The largest absolute Gasteiger partial charge is 0.490 e. The van der Waals surface area contributed by atoms with Gasteiger partial charge in [0, 0.05) is 66.7 Å². The predicted octanol–water partition coefficient (Wildman–Crippen LogP) is 6.87. The van der Waals surface area contributed by atoms with Crippen LogP contribution in [0.1, 0.15) is 55.9 Å². The third-order valence-electron chi connectivity index (χ3n) is 8.94. The number of aliphatic carboxylic acids is 1. The number of hydrogen-bond donors (Lipinski definition) is 2. The molecule has 8 nitrogen and oxygen atoms in total. The van der Waals surface area contributed by atoms with Gasteiger partial charge in [0.15, 0.2) is 0 Å². The van der Waals surface area contributed by atoms with Gasteiger partial charge in [-0.1, -0.05) is 17.7 Å². The minimum absolute atomic E-state index is 0.00862. The lowest BCUT2D eigenvalue weighted by atomic mass is 9.69. The highest BCUT2D eigenvalue weighted by Crippen LogP contribution is 2.44. The first-order valence-electron chi connectivity index (χ1n) is 15.6. The molecule has 2 aromatic heterocycles. The van der Waals surface area contributed by atoms with E-state index in [1.165, 1.54) is 24.5 Å². The molecule has 1 aromatic carbocycles. The molecule has 0 saturated carbocycles. The Labute approximate surface area is 274 Å². The Morgan fingerprint density at radius 1 is 1.19 bits per heavy atom. The van der Waals surface area contributed by atoms with Gasteiger partial charge in [0.25, 0.3) is 6.43 Å². The van der Waals surface area contributed by atoms with Crippen LogP contribution in [0.4, 0.5) is 27.6 Å². The van der Waals surface area contributed by atoms with Crippen LogP contribution in [0.3, 0.4) is 0 Å². The van der Waals surface area contributed by atoms with Gasteiger partial charge in [0.05, 0.1) is 23.6 Å². The standard InChI is InChI=1S/C31H36ClF2N5O.C2HF3O2/c1-2-40-30-23(6-4-14-36-30)26-9-8-25-27(37-26)19-38(18-22-5-3-13-35-22)20-31(25)11-15-39(16-12-31)28-10-7-21(32)17-24(28)29(33)34;3-2(4,5)1(6)7/h4,6-10,14,17,22,29,35H,2-3,5,11-13,15-16,18-20H2,1H3;(H,6,7)/t22-;/m1./s1. The molecule has 14 heteroatoms. The number of alkyl halides is 5. The van der Waals surface area contributed by atoms with Gasteiger partial charge >= 0.3 is 12.1 Å². The summed E-state index contributed by atoms with van der Waals surface area (Å²) in [7, 11) is 0. The van der Waals surface area contributed by atoms with Crippen molar-refractivity contribution in [2.24, 2.45) is 0 Å². The molecule has 2 saturated heterocycles. The molecule has 2 fully saturated rings. The quantitative estimate of drug-likeness (QED) is 0.261. The Morgan fingerprint density at radius 2 is 1.94 bits per heavy atom. The Kier molecular flexibility index (Phi) is 10.9. The highest BCUT2D eigenvalue weighted by molar-refractivity contribution is 6.30. The normalized spacial score (nSPS) is 19.3. The van der Waals surface area contributed by atoms with Crippen molar-refractivity contribution in [3.8, 4) is 17.1 Å². The Bertz CT molecular complexity index is 1550. The van der Waals surface area contributed by atoms with E-state index in [2.05, 4.69) is 32.2 Å². The van der Waals surface area contributed by atoms with Crippen LogP contribution in [0.25, 0.3) is 11.3 Å². The number of benzene rings is 1. The summed E-state index contributed by atoms with van der Waals surface area (Å²) >= 11 is 6.06. The number of fused-ring (bicyclic) bond motifs is 2. The van der Waals surface area contributed by atoms with Crippen LogP contribution >= 0.6 is 11.6 Å². The number of nitrogens with one attached hydrogen (secondary N) is 1. The lowest BCUT2D eigenvalue weighted by Gasteiger charge is -2.49. The Morgan fingerprint density at radius 3 is 2.57 bits per heavy atom. The van der Waals surface area contributed by atoms with E-state index in [0.717, 1.165) is 56.0 Å². The maximum atomic E-state index is 13.9. The van der Waals surface area contributed by atoms with Crippen LogP contribution < -0.4 is 15.0 Å². The molecule has 0 radical (unpaired) electrons. The fourth-order valence-corrected chi connectivity index (χ4v) is 7.00. The molecule has 254 valence electrons. The van der Waals surface area contributed by atoms with Crippen LogP contribution in [0.5, 0.6) is 5.88 Å². The van der Waals surface area contributed by atoms with E-state index in [0.29, 0.717) is 42.3 Å². The number of ether oxygens (including phenoxy) is 1. The van der Waals surface area contributed by atoms with E-state index < -0.39 is 18.6 Å². The molecule has 0 bridgehead atoms. The monoisotopic (exact) mass is 681 g/mol. The Balaban J connectivity index is 0.000000559. The highest BCUT2D eigenvalue weighted by Gasteiger charge is 2.44. The van der Waals surface area contributed by atoms with E-state index in [1.54, 1.807) is 18.3 Å². The minimum Gasteiger partial charge on any atom is -0.477 e. The first-order valence-corrected chi connectivity index (χ1v) is 15.9. The van der Waals surface area contributed by atoms with Crippen molar-refractivity contribution in [1.29, 1.82) is 0 Å². The van der Waals surface area contributed by atoms with Crippen molar-refractivity contribution in [2.45, 2.75) is 63.2 Å². The molecule has 3 aliphatic heterocycles. The van der Waals surface area contributed by atoms with Gasteiger partial charge in [-0.25, -0.2) is 18.6 Å². The average molecular weight is 682 g/mol. The summed E-state index contributed by atoms with van der Waals surface area (Å²) < 4.78 is 65.3.